The fourth-order valence-corrected chi connectivity index (χ4v) is 1.92. The molecular formula is C15H23N5O. The second kappa shape index (κ2) is 7.52. The minimum absolute atomic E-state index is 0.0604. The van der Waals surface area contributed by atoms with Gasteiger partial charge in [0, 0.05) is 25.5 Å². The van der Waals surface area contributed by atoms with Crippen molar-refractivity contribution in [1.29, 1.82) is 0 Å². The Hall–Kier alpha value is -2.24. The Balaban J connectivity index is 1.75. The number of imidazole rings is 1. The quantitative estimate of drug-likeness (QED) is 0.730. The molecule has 3 N–H and O–H groups in total. The van der Waals surface area contributed by atoms with E-state index in [1.807, 2.05) is 38.5 Å². The van der Waals surface area contributed by atoms with E-state index in [1.165, 1.54) is 0 Å². The SMILES string of the molecule is CC(C)Oc1nc(NCCCCn2ccnc2)ccc1N. The molecule has 0 atom stereocenters. The number of nitrogens with one attached hydrogen (secondary N) is 1. The molecule has 0 aliphatic carbocycles. The third kappa shape index (κ3) is 4.98. The van der Waals surface area contributed by atoms with Crippen LogP contribution in [0.25, 0.3) is 0 Å². The number of hydrogen-bond acceptors (Lipinski definition) is 5. The van der Waals surface area contributed by atoms with E-state index < -0.39 is 0 Å². The van der Waals surface area contributed by atoms with Crippen LogP contribution in [-0.4, -0.2) is 27.2 Å². The predicted octanol–water partition coefficient (Wildman–Crippen LogP) is 2.54. The Labute approximate surface area is 125 Å². The smallest absolute Gasteiger partial charge is 0.239 e. The van der Waals surface area contributed by atoms with Crippen molar-refractivity contribution >= 4 is 11.5 Å². The molecule has 0 fully saturated rings. The number of pyridine rings is 1. The number of anilines is 2. The molecule has 0 saturated carbocycles. The number of ether oxygens (including phenoxy) is 1. The van der Waals surface area contributed by atoms with E-state index in [-0.39, 0.29) is 6.10 Å². The first-order valence-electron chi connectivity index (χ1n) is 7.28. The summed E-state index contributed by atoms with van der Waals surface area (Å²) in [6, 6.07) is 3.69. The lowest BCUT2D eigenvalue weighted by atomic mass is 10.3. The van der Waals surface area contributed by atoms with E-state index in [0.29, 0.717) is 11.6 Å². The third-order valence-corrected chi connectivity index (χ3v) is 2.95. The highest BCUT2D eigenvalue weighted by Gasteiger charge is 2.06. The van der Waals surface area contributed by atoms with Gasteiger partial charge >= 0.3 is 0 Å². The zero-order chi connectivity index (χ0) is 15.1. The van der Waals surface area contributed by atoms with Crippen molar-refractivity contribution in [3.8, 4) is 5.88 Å². The Morgan fingerprint density at radius 2 is 2.19 bits per heavy atom. The predicted molar refractivity (Wildman–Crippen MR) is 84.4 cm³/mol. The Kier molecular flexibility index (Phi) is 5.43. The number of rotatable bonds is 8. The van der Waals surface area contributed by atoms with E-state index in [2.05, 4.69) is 19.9 Å². The van der Waals surface area contributed by atoms with E-state index >= 15 is 0 Å². The van der Waals surface area contributed by atoms with Crippen molar-refractivity contribution in [3.63, 3.8) is 0 Å². The lowest BCUT2D eigenvalue weighted by Crippen LogP contribution is -2.11. The summed E-state index contributed by atoms with van der Waals surface area (Å²) in [4.78, 5) is 8.41. The molecule has 0 saturated heterocycles. The van der Waals surface area contributed by atoms with Gasteiger partial charge < -0.3 is 20.4 Å². The lowest BCUT2D eigenvalue weighted by molar-refractivity contribution is 0.234. The van der Waals surface area contributed by atoms with Crippen LogP contribution in [-0.2, 0) is 6.54 Å². The lowest BCUT2D eigenvalue weighted by Gasteiger charge is -2.13. The first kappa shape index (κ1) is 15.2. The van der Waals surface area contributed by atoms with Crippen molar-refractivity contribution in [2.45, 2.75) is 39.3 Å². The molecule has 2 aromatic heterocycles. The standard InChI is InChI=1S/C15H23N5O/c1-12(2)21-15-13(16)5-6-14(19-15)18-7-3-4-9-20-10-8-17-11-20/h5-6,8,10-12H,3-4,7,9,16H2,1-2H3,(H,18,19). The summed E-state index contributed by atoms with van der Waals surface area (Å²) >= 11 is 0. The summed E-state index contributed by atoms with van der Waals surface area (Å²) in [6.07, 6.45) is 7.82. The van der Waals surface area contributed by atoms with Crippen LogP contribution in [0.4, 0.5) is 11.5 Å². The van der Waals surface area contributed by atoms with E-state index in [0.717, 1.165) is 31.7 Å². The average Bonchev–Trinajstić information content (AvgIpc) is 2.94. The van der Waals surface area contributed by atoms with Crippen LogP contribution in [0.15, 0.2) is 30.9 Å². The molecule has 2 heterocycles. The normalized spacial score (nSPS) is 10.8. The topological polar surface area (TPSA) is 78.0 Å². The summed E-state index contributed by atoms with van der Waals surface area (Å²) in [5.74, 6) is 1.29. The summed E-state index contributed by atoms with van der Waals surface area (Å²) in [6.45, 7) is 5.76. The molecule has 2 aromatic rings. The molecule has 0 spiro atoms. The van der Waals surface area contributed by atoms with Gasteiger partial charge in [0.05, 0.1) is 18.1 Å². The third-order valence-electron chi connectivity index (χ3n) is 2.95. The molecule has 6 nitrogen and oxygen atoms in total. The van der Waals surface area contributed by atoms with Crippen LogP contribution in [0.1, 0.15) is 26.7 Å². The molecule has 0 unspecified atom stereocenters. The van der Waals surface area contributed by atoms with Gasteiger partial charge in [-0.3, -0.25) is 0 Å². The van der Waals surface area contributed by atoms with Gasteiger partial charge in [0.15, 0.2) is 0 Å². The molecule has 6 heteroatoms. The molecule has 0 bridgehead atoms. The minimum Gasteiger partial charge on any atom is -0.473 e. The maximum atomic E-state index is 5.84. The fourth-order valence-electron chi connectivity index (χ4n) is 1.92. The van der Waals surface area contributed by atoms with Gasteiger partial charge in [-0.25, -0.2) is 4.98 Å². The number of aryl methyl sites for hydroxylation is 1. The van der Waals surface area contributed by atoms with Crippen molar-refractivity contribution in [2.24, 2.45) is 0 Å². The van der Waals surface area contributed by atoms with Crippen LogP contribution in [0.2, 0.25) is 0 Å². The van der Waals surface area contributed by atoms with Gasteiger partial charge in [0.25, 0.3) is 0 Å². The molecule has 0 amide bonds. The van der Waals surface area contributed by atoms with E-state index in [9.17, 15) is 0 Å². The number of unbranched alkanes of at least 4 members (excludes halogenated alkanes) is 1. The van der Waals surface area contributed by atoms with Crippen molar-refractivity contribution in [1.82, 2.24) is 14.5 Å². The largest absolute Gasteiger partial charge is 0.473 e. The van der Waals surface area contributed by atoms with Gasteiger partial charge in [0.2, 0.25) is 5.88 Å². The molecule has 0 aromatic carbocycles. The molecule has 0 aliphatic heterocycles. The van der Waals surface area contributed by atoms with Gasteiger partial charge in [-0.15, -0.1) is 0 Å². The highest BCUT2D eigenvalue weighted by atomic mass is 16.5. The van der Waals surface area contributed by atoms with E-state index in [4.69, 9.17) is 10.5 Å². The maximum absolute atomic E-state index is 5.84. The first-order chi connectivity index (χ1) is 10.1. The summed E-state index contributed by atoms with van der Waals surface area (Å²) in [7, 11) is 0. The number of aromatic nitrogens is 3. The van der Waals surface area contributed by atoms with Crippen LogP contribution >= 0.6 is 0 Å². The number of nitrogens with zero attached hydrogens (tertiary/aromatic N) is 3. The Morgan fingerprint density at radius 1 is 1.33 bits per heavy atom. The minimum atomic E-state index is 0.0604. The van der Waals surface area contributed by atoms with Gasteiger partial charge in [-0.1, -0.05) is 0 Å². The number of hydrogen-bond donors (Lipinski definition) is 2. The maximum Gasteiger partial charge on any atom is 0.239 e. The highest BCUT2D eigenvalue weighted by Crippen LogP contribution is 2.21. The molecule has 114 valence electrons. The molecule has 21 heavy (non-hydrogen) atoms. The summed E-state index contributed by atoms with van der Waals surface area (Å²) < 4.78 is 7.66. The van der Waals surface area contributed by atoms with Crippen LogP contribution in [0.5, 0.6) is 5.88 Å². The highest BCUT2D eigenvalue weighted by molar-refractivity contribution is 5.53. The Morgan fingerprint density at radius 3 is 2.90 bits per heavy atom. The van der Waals surface area contributed by atoms with Gasteiger partial charge in [0.1, 0.15) is 5.82 Å². The first-order valence-corrected chi connectivity index (χ1v) is 7.28. The molecular weight excluding hydrogens is 266 g/mol. The average molecular weight is 289 g/mol. The zero-order valence-corrected chi connectivity index (χ0v) is 12.6. The summed E-state index contributed by atoms with van der Waals surface area (Å²) in [5, 5.41) is 3.29. The number of nitrogens with two attached hydrogens (primary N) is 1. The second-order valence-electron chi connectivity index (χ2n) is 5.19. The van der Waals surface area contributed by atoms with Crippen LogP contribution < -0.4 is 15.8 Å². The zero-order valence-electron chi connectivity index (χ0n) is 12.6. The van der Waals surface area contributed by atoms with Crippen molar-refractivity contribution in [2.75, 3.05) is 17.6 Å². The van der Waals surface area contributed by atoms with Gasteiger partial charge in [-0.2, -0.15) is 4.98 Å². The molecule has 0 radical (unpaired) electrons. The second-order valence-corrected chi connectivity index (χ2v) is 5.19. The summed E-state index contributed by atoms with van der Waals surface area (Å²) in [5.41, 5.74) is 6.41. The number of nitrogen functional groups attached to an aromatic ring is 1. The van der Waals surface area contributed by atoms with Crippen LogP contribution in [0, 0.1) is 0 Å². The Bertz CT molecular complexity index is 539. The van der Waals surface area contributed by atoms with Gasteiger partial charge in [-0.05, 0) is 38.8 Å². The van der Waals surface area contributed by atoms with Crippen LogP contribution in [0.3, 0.4) is 0 Å². The van der Waals surface area contributed by atoms with Crippen molar-refractivity contribution < 1.29 is 4.74 Å². The van der Waals surface area contributed by atoms with E-state index in [1.54, 1.807) is 6.20 Å². The molecule has 0 aliphatic rings. The monoisotopic (exact) mass is 289 g/mol. The fraction of sp³-hybridized carbons (Fsp3) is 0.467. The molecule has 2 rings (SSSR count). The van der Waals surface area contributed by atoms with Crippen molar-refractivity contribution in [3.05, 3.63) is 30.9 Å².